The first-order valence-corrected chi connectivity index (χ1v) is 6.61. The van der Waals surface area contributed by atoms with Crippen LogP contribution in [0.5, 0.6) is 11.5 Å². The minimum absolute atomic E-state index is 0.00636. The Morgan fingerprint density at radius 2 is 2.21 bits per heavy atom. The summed E-state index contributed by atoms with van der Waals surface area (Å²) < 4.78 is 11.1. The summed E-state index contributed by atoms with van der Waals surface area (Å²) in [5.41, 5.74) is 6.51. The van der Waals surface area contributed by atoms with E-state index in [9.17, 15) is 4.79 Å². The Kier molecular flexibility index (Phi) is 4.63. The van der Waals surface area contributed by atoms with E-state index in [2.05, 4.69) is 5.32 Å². The first-order chi connectivity index (χ1) is 9.24. The fourth-order valence-electron chi connectivity index (χ4n) is 1.79. The number of benzene rings is 1. The van der Waals surface area contributed by atoms with Crippen LogP contribution in [0.3, 0.4) is 0 Å². The van der Waals surface area contributed by atoms with Crippen molar-refractivity contribution in [2.75, 3.05) is 13.2 Å². The van der Waals surface area contributed by atoms with Crippen molar-refractivity contribution in [3.05, 3.63) is 23.8 Å². The van der Waals surface area contributed by atoms with Crippen molar-refractivity contribution in [3.63, 3.8) is 0 Å². The molecule has 0 aromatic heterocycles. The molecule has 3 N–H and O–H groups in total. The van der Waals surface area contributed by atoms with E-state index in [1.165, 1.54) is 0 Å². The van der Waals surface area contributed by atoms with Crippen LogP contribution in [0.25, 0.3) is 0 Å². The SMILES string of the molecule is CCOc1cccc(CN)c1OCC(=O)NC1CC1. The van der Waals surface area contributed by atoms with Gasteiger partial charge in [0.05, 0.1) is 6.61 Å². The zero-order valence-electron chi connectivity index (χ0n) is 11.1. The van der Waals surface area contributed by atoms with Crippen molar-refractivity contribution >= 4 is 5.91 Å². The van der Waals surface area contributed by atoms with Crippen LogP contribution in [0.15, 0.2) is 18.2 Å². The summed E-state index contributed by atoms with van der Waals surface area (Å²) in [7, 11) is 0. The molecule has 5 heteroatoms. The van der Waals surface area contributed by atoms with Crippen LogP contribution >= 0.6 is 0 Å². The van der Waals surface area contributed by atoms with Crippen LogP contribution in [0, 0.1) is 0 Å². The second kappa shape index (κ2) is 6.43. The van der Waals surface area contributed by atoms with Crippen molar-refractivity contribution in [1.29, 1.82) is 0 Å². The van der Waals surface area contributed by atoms with E-state index in [0.29, 0.717) is 30.7 Å². The van der Waals surface area contributed by atoms with Gasteiger partial charge >= 0.3 is 0 Å². The summed E-state index contributed by atoms with van der Waals surface area (Å²) in [5, 5.41) is 2.88. The molecule has 1 aliphatic carbocycles. The highest BCUT2D eigenvalue weighted by Gasteiger charge is 2.23. The summed E-state index contributed by atoms with van der Waals surface area (Å²) >= 11 is 0. The molecule has 5 nitrogen and oxygen atoms in total. The van der Waals surface area contributed by atoms with E-state index >= 15 is 0 Å². The van der Waals surface area contributed by atoms with Gasteiger partial charge in [0.2, 0.25) is 0 Å². The minimum atomic E-state index is -0.100. The fraction of sp³-hybridized carbons (Fsp3) is 0.500. The number of nitrogens with two attached hydrogens (primary N) is 1. The second-order valence-electron chi connectivity index (χ2n) is 4.51. The molecule has 19 heavy (non-hydrogen) atoms. The topological polar surface area (TPSA) is 73.6 Å². The number of para-hydroxylation sites is 1. The van der Waals surface area contributed by atoms with Gasteiger partial charge in [0.15, 0.2) is 18.1 Å². The lowest BCUT2D eigenvalue weighted by atomic mass is 10.2. The molecule has 1 aromatic rings. The van der Waals surface area contributed by atoms with Crippen LogP contribution in [0.2, 0.25) is 0 Å². The average molecular weight is 264 g/mol. The van der Waals surface area contributed by atoms with Gasteiger partial charge in [-0.2, -0.15) is 0 Å². The average Bonchev–Trinajstić information content (AvgIpc) is 3.21. The molecule has 0 aliphatic heterocycles. The number of amides is 1. The molecule has 104 valence electrons. The number of hydrogen-bond donors (Lipinski definition) is 2. The van der Waals surface area contributed by atoms with Crippen LogP contribution in [-0.2, 0) is 11.3 Å². The lowest BCUT2D eigenvalue weighted by molar-refractivity contribution is -0.123. The predicted molar refractivity (Wildman–Crippen MR) is 72.2 cm³/mol. The minimum Gasteiger partial charge on any atom is -0.490 e. The summed E-state index contributed by atoms with van der Waals surface area (Å²) in [5.74, 6) is 1.10. The van der Waals surface area contributed by atoms with Gasteiger partial charge < -0.3 is 20.5 Å². The Labute approximate surface area is 113 Å². The van der Waals surface area contributed by atoms with Gasteiger partial charge in [-0.05, 0) is 25.8 Å². The maximum absolute atomic E-state index is 11.6. The normalized spacial score (nSPS) is 14.0. The van der Waals surface area contributed by atoms with Crippen molar-refractivity contribution in [2.45, 2.75) is 32.4 Å². The van der Waals surface area contributed by atoms with Crippen LogP contribution in [0.4, 0.5) is 0 Å². The van der Waals surface area contributed by atoms with Gasteiger partial charge in [-0.3, -0.25) is 4.79 Å². The molecule has 0 unspecified atom stereocenters. The van der Waals surface area contributed by atoms with Crippen molar-refractivity contribution in [3.8, 4) is 11.5 Å². The third kappa shape index (κ3) is 3.86. The summed E-state index contributed by atoms with van der Waals surface area (Å²) in [4.78, 5) is 11.6. The molecule has 1 amide bonds. The fourth-order valence-corrected chi connectivity index (χ4v) is 1.79. The van der Waals surface area contributed by atoms with Gasteiger partial charge in [-0.1, -0.05) is 12.1 Å². The maximum Gasteiger partial charge on any atom is 0.258 e. The lowest BCUT2D eigenvalue weighted by Gasteiger charge is -2.15. The molecule has 1 fully saturated rings. The van der Waals surface area contributed by atoms with Crippen molar-refractivity contribution in [2.24, 2.45) is 5.73 Å². The molecule has 0 spiro atoms. The van der Waals surface area contributed by atoms with Crippen LogP contribution in [-0.4, -0.2) is 25.2 Å². The molecule has 2 rings (SSSR count). The molecule has 1 aromatic carbocycles. The van der Waals surface area contributed by atoms with E-state index in [1.54, 1.807) is 0 Å². The second-order valence-corrected chi connectivity index (χ2v) is 4.51. The molecule has 0 heterocycles. The smallest absolute Gasteiger partial charge is 0.258 e. The van der Waals surface area contributed by atoms with Crippen LogP contribution in [0.1, 0.15) is 25.3 Å². The number of nitrogens with one attached hydrogen (secondary N) is 1. The Morgan fingerprint density at radius 1 is 1.42 bits per heavy atom. The van der Waals surface area contributed by atoms with E-state index in [4.69, 9.17) is 15.2 Å². The molecule has 0 bridgehead atoms. The highest BCUT2D eigenvalue weighted by molar-refractivity contribution is 5.78. The molecule has 1 saturated carbocycles. The van der Waals surface area contributed by atoms with Crippen molar-refractivity contribution in [1.82, 2.24) is 5.32 Å². The molecular formula is C14H20N2O3. The van der Waals surface area contributed by atoms with Crippen LogP contribution < -0.4 is 20.5 Å². The zero-order valence-corrected chi connectivity index (χ0v) is 11.1. The van der Waals surface area contributed by atoms with E-state index in [-0.39, 0.29) is 12.5 Å². The molecule has 0 saturated heterocycles. The van der Waals surface area contributed by atoms with Gasteiger partial charge in [0.25, 0.3) is 5.91 Å². The van der Waals surface area contributed by atoms with Gasteiger partial charge in [0.1, 0.15) is 0 Å². The summed E-state index contributed by atoms with van der Waals surface area (Å²) in [6, 6.07) is 5.89. The van der Waals surface area contributed by atoms with E-state index in [1.807, 2.05) is 25.1 Å². The quantitative estimate of drug-likeness (QED) is 0.776. The molecule has 0 atom stereocenters. The standard InChI is InChI=1S/C14H20N2O3/c1-2-18-12-5-3-4-10(8-15)14(12)19-9-13(17)16-11-6-7-11/h3-5,11H,2,6-9,15H2,1H3,(H,16,17). The lowest BCUT2D eigenvalue weighted by Crippen LogP contribution is -2.30. The van der Waals surface area contributed by atoms with Gasteiger partial charge in [-0.25, -0.2) is 0 Å². The zero-order chi connectivity index (χ0) is 13.7. The number of rotatable bonds is 7. The summed E-state index contributed by atoms with van der Waals surface area (Å²) in [6.45, 7) is 2.78. The Morgan fingerprint density at radius 3 is 2.84 bits per heavy atom. The number of carbonyl (C=O) groups excluding carboxylic acids is 1. The Bertz CT molecular complexity index is 444. The first kappa shape index (κ1) is 13.7. The molecular weight excluding hydrogens is 244 g/mol. The van der Waals surface area contributed by atoms with E-state index in [0.717, 1.165) is 18.4 Å². The number of ether oxygens (including phenoxy) is 2. The largest absolute Gasteiger partial charge is 0.490 e. The highest BCUT2D eigenvalue weighted by Crippen LogP contribution is 2.31. The number of carbonyl (C=O) groups is 1. The Balaban J connectivity index is 2.01. The van der Waals surface area contributed by atoms with Gasteiger partial charge in [-0.15, -0.1) is 0 Å². The van der Waals surface area contributed by atoms with Gasteiger partial charge in [0, 0.05) is 18.2 Å². The van der Waals surface area contributed by atoms with E-state index < -0.39 is 0 Å². The van der Waals surface area contributed by atoms with Crippen molar-refractivity contribution < 1.29 is 14.3 Å². The Hall–Kier alpha value is -1.75. The molecule has 0 radical (unpaired) electrons. The monoisotopic (exact) mass is 264 g/mol. The highest BCUT2D eigenvalue weighted by atomic mass is 16.5. The molecule has 1 aliphatic rings. The predicted octanol–water partition coefficient (Wildman–Crippen LogP) is 1.20. The first-order valence-electron chi connectivity index (χ1n) is 6.61. The number of hydrogen-bond acceptors (Lipinski definition) is 4. The third-order valence-corrected chi connectivity index (χ3v) is 2.87. The third-order valence-electron chi connectivity index (χ3n) is 2.87. The summed E-state index contributed by atoms with van der Waals surface area (Å²) in [6.07, 6.45) is 2.13. The maximum atomic E-state index is 11.6.